The summed E-state index contributed by atoms with van der Waals surface area (Å²) in [5, 5.41) is 10.7. The maximum Gasteiger partial charge on any atom is 0.297 e. The van der Waals surface area contributed by atoms with Crippen molar-refractivity contribution in [3.63, 3.8) is 0 Å². The Labute approximate surface area is 161 Å². The van der Waals surface area contributed by atoms with Crippen molar-refractivity contribution in [2.45, 2.75) is 58.9 Å². The van der Waals surface area contributed by atoms with Gasteiger partial charge in [-0.2, -0.15) is 0 Å². The number of benzene rings is 1. The van der Waals surface area contributed by atoms with Gasteiger partial charge >= 0.3 is 0 Å². The highest BCUT2D eigenvalue weighted by atomic mass is 16.5. The van der Waals surface area contributed by atoms with Crippen molar-refractivity contribution >= 4 is 10.9 Å². The van der Waals surface area contributed by atoms with Crippen LogP contribution >= 0.6 is 0 Å². The Bertz CT molecular complexity index is 810. The van der Waals surface area contributed by atoms with E-state index in [1.54, 1.807) is 28.8 Å². The fourth-order valence-corrected chi connectivity index (χ4v) is 3.04. The van der Waals surface area contributed by atoms with E-state index in [2.05, 4.69) is 20.4 Å². The topological polar surface area (TPSA) is 60.7 Å². The Morgan fingerprint density at radius 1 is 1.07 bits per heavy atom. The summed E-state index contributed by atoms with van der Waals surface area (Å²) in [6, 6.07) is 5.02. The van der Waals surface area contributed by atoms with Gasteiger partial charge in [0, 0.05) is 18.0 Å². The molecule has 0 bridgehead atoms. The molecule has 2 rings (SSSR count). The van der Waals surface area contributed by atoms with Crippen molar-refractivity contribution in [2.24, 2.45) is 0 Å². The molecule has 0 aliphatic heterocycles. The minimum atomic E-state index is -0.224. The minimum Gasteiger partial charge on any atom is -0.508 e. The van der Waals surface area contributed by atoms with Crippen LogP contribution in [0.15, 0.2) is 35.6 Å². The Morgan fingerprint density at radius 2 is 1.85 bits per heavy atom. The molecule has 1 aromatic carbocycles. The molecule has 0 unspecified atom stereocenters. The summed E-state index contributed by atoms with van der Waals surface area (Å²) in [5.41, 5.74) is 0.451. The van der Waals surface area contributed by atoms with Crippen LogP contribution in [0.25, 0.3) is 10.9 Å². The third-order valence-corrected chi connectivity index (χ3v) is 4.49. The van der Waals surface area contributed by atoms with Gasteiger partial charge in [0.15, 0.2) is 5.75 Å². The van der Waals surface area contributed by atoms with E-state index >= 15 is 0 Å². The van der Waals surface area contributed by atoms with Gasteiger partial charge in [-0.05, 0) is 25.0 Å². The molecule has 5 heteroatoms. The number of nitrogens with zero attached hydrogens (tertiary/aromatic N) is 1. The molecule has 1 aromatic heterocycles. The molecule has 0 saturated carbocycles. The van der Waals surface area contributed by atoms with Crippen molar-refractivity contribution in [2.75, 3.05) is 13.2 Å². The van der Waals surface area contributed by atoms with Crippen molar-refractivity contribution in [1.29, 1.82) is 0 Å². The summed E-state index contributed by atoms with van der Waals surface area (Å²) in [6.45, 7) is 9.24. The lowest BCUT2D eigenvalue weighted by Crippen LogP contribution is -2.24. The molecule has 0 aliphatic rings. The molecular formula is C22H31NO4. The zero-order valence-electron chi connectivity index (χ0n) is 16.5. The number of aromatic nitrogens is 1. The highest BCUT2D eigenvalue weighted by molar-refractivity contribution is 5.89. The molecular weight excluding hydrogens is 342 g/mol. The van der Waals surface area contributed by atoms with Crippen molar-refractivity contribution < 1.29 is 14.6 Å². The van der Waals surface area contributed by atoms with Gasteiger partial charge in [0.2, 0.25) is 5.75 Å². The molecule has 0 aliphatic carbocycles. The van der Waals surface area contributed by atoms with E-state index in [1.165, 1.54) is 0 Å². The van der Waals surface area contributed by atoms with Gasteiger partial charge < -0.3 is 19.1 Å². The van der Waals surface area contributed by atoms with Gasteiger partial charge in [0.25, 0.3) is 5.56 Å². The van der Waals surface area contributed by atoms with Crippen LogP contribution in [0.2, 0.25) is 0 Å². The summed E-state index contributed by atoms with van der Waals surface area (Å²) in [6.07, 6.45) is 7.72. The molecule has 148 valence electrons. The molecule has 1 N–H and O–H groups in total. The van der Waals surface area contributed by atoms with E-state index in [1.807, 2.05) is 0 Å². The van der Waals surface area contributed by atoms with Crippen molar-refractivity contribution in [1.82, 2.24) is 4.57 Å². The number of unbranched alkanes of at least 4 members (excludes halogenated alkanes) is 4. The second-order valence-electron chi connectivity index (χ2n) is 6.68. The predicted molar refractivity (Wildman–Crippen MR) is 110 cm³/mol. The fraction of sp³-hybridized carbons (Fsp3) is 0.500. The average molecular weight is 373 g/mol. The minimum absolute atomic E-state index is 0.128. The van der Waals surface area contributed by atoms with Crippen LogP contribution in [0.4, 0.5) is 0 Å². The number of hydrogen-bond acceptors (Lipinski definition) is 4. The van der Waals surface area contributed by atoms with E-state index in [4.69, 9.17) is 9.47 Å². The number of phenols is 1. The van der Waals surface area contributed by atoms with Crippen LogP contribution in [-0.2, 0) is 6.54 Å². The van der Waals surface area contributed by atoms with Crippen molar-refractivity contribution in [3.05, 3.63) is 41.2 Å². The number of pyridine rings is 1. The zero-order chi connectivity index (χ0) is 19.6. The number of rotatable bonds is 12. The first-order valence-electron chi connectivity index (χ1n) is 9.90. The Kier molecular flexibility index (Phi) is 8.24. The SMILES string of the molecule is C=CCOc1c(OCCCC)c2ccc(O)cc2n(CCCCCC)c1=O. The van der Waals surface area contributed by atoms with E-state index in [0.29, 0.717) is 24.4 Å². The highest BCUT2D eigenvalue weighted by Crippen LogP contribution is 2.35. The van der Waals surface area contributed by atoms with Gasteiger partial charge in [-0.25, -0.2) is 0 Å². The largest absolute Gasteiger partial charge is 0.508 e. The van der Waals surface area contributed by atoms with Crippen LogP contribution in [0, 0.1) is 0 Å². The standard InChI is InChI=1S/C22H31NO4/c1-4-7-9-10-13-23-19-16-17(24)11-12-18(19)20(27-15-8-5-2)21(22(23)25)26-14-6-3/h6,11-12,16,24H,3-5,7-10,13-15H2,1-2H3. The molecule has 0 atom stereocenters. The Balaban J connectivity index is 2.56. The average Bonchev–Trinajstić information content (AvgIpc) is 2.66. The lowest BCUT2D eigenvalue weighted by Gasteiger charge is -2.18. The zero-order valence-corrected chi connectivity index (χ0v) is 16.5. The smallest absolute Gasteiger partial charge is 0.297 e. The Hall–Kier alpha value is -2.43. The summed E-state index contributed by atoms with van der Waals surface area (Å²) < 4.78 is 13.4. The third kappa shape index (κ3) is 5.28. The number of hydrogen-bond donors (Lipinski definition) is 1. The molecule has 0 saturated heterocycles. The predicted octanol–water partition coefficient (Wildman–Crippen LogP) is 5.03. The van der Waals surface area contributed by atoms with Gasteiger partial charge in [-0.1, -0.05) is 52.2 Å². The molecule has 0 radical (unpaired) electrons. The van der Waals surface area contributed by atoms with E-state index in [-0.39, 0.29) is 23.7 Å². The third-order valence-electron chi connectivity index (χ3n) is 4.49. The van der Waals surface area contributed by atoms with Crippen molar-refractivity contribution in [3.8, 4) is 17.2 Å². The number of ether oxygens (including phenoxy) is 2. The molecule has 0 fully saturated rings. The van der Waals surface area contributed by atoms with Gasteiger partial charge in [-0.3, -0.25) is 4.79 Å². The second kappa shape index (κ2) is 10.7. The summed E-state index contributed by atoms with van der Waals surface area (Å²) in [4.78, 5) is 13.2. The molecule has 1 heterocycles. The van der Waals surface area contributed by atoms with Crippen LogP contribution < -0.4 is 15.0 Å². The first-order valence-corrected chi connectivity index (χ1v) is 9.90. The van der Waals surface area contributed by atoms with Gasteiger partial charge in [-0.15, -0.1) is 0 Å². The summed E-state index contributed by atoms with van der Waals surface area (Å²) >= 11 is 0. The van der Waals surface area contributed by atoms with Gasteiger partial charge in [0.05, 0.1) is 12.1 Å². The second-order valence-corrected chi connectivity index (χ2v) is 6.68. The molecule has 0 spiro atoms. The molecule has 2 aromatic rings. The maximum absolute atomic E-state index is 13.2. The van der Waals surface area contributed by atoms with Crippen LogP contribution in [0.1, 0.15) is 52.4 Å². The molecule has 0 amide bonds. The van der Waals surface area contributed by atoms with Crippen LogP contribution in [-0.4, -0.2) is 22.9 Å². The van der Waals surface area contributed by atoms with Crippen LogP contribution in [0.5, 0.6) is 17.2 Å². The monoisotopic (exact) mass is 373 g/mol. The van der Waals surface area contributed by atoms with E-state index in [9.17, 15) is 9.90 Å². The Morgan fingerprint density at radius 3 is 2.56 bits per heavy atom. The molecule has 27 heavy (non-hydrogen) atoms. The first kappa shape index (κ1) is 20.9. The quantitative estimate of drug-likeness (QED) is 0.419. The number of phenolic OH excluding ortho intramolecular Hbond substituents is 1. The normalized spacial score (nSPS) is 10.9. The van der Waals surface area contributed by atoms with Gasteiger partial charge in [0.1, 0.15) is 12.4 Å². The van der Waals surface area contributed by atoms with E-state index in [0.717, 1.165) is 43.9 Å². The fourth-order valence-electron chi connectivity index (χ4n) is 3.04. The summed E-state index contributed by atoms with van der Waals surface area (Å²) in [7, 11) is 0. The van der Waals surface area contributed by atoms with E-state index < -0.39 is 0 Å². The lowest BCUT2D eigenvalue weighted by atomic mass is 10.1. The molecule has 5 nitrogen and oxygen atoms in total. The lowest BCUT2D eigenvalue weighted by molar-refractivity contribution is 0.278. The summed E-state index contributed by atoms with van der Waals surface area (Å²) in [5.74, 6) is 0.804. The number of fused-ring (bicyclic) bond motifs is 1. The highest BCUT2D eigenvalue weighted by Gasteiger charge is 2.20. The number of aromatic hydroxyl groups is 1. The number of aryl methyl sites for hydroxylation is 1. The maximum atomic E-state index is 13.2. The first-order chi connectivity index (χ1) is 13.1. The van der Waals surface area contributed by atoms with Crippen LogP contribution in [0.3, 0.4) is 0 Å².